The van der Waals surface area contributed by atoms with Gasteiger partial charge in [0, 0.05) is 70.3 Å². The van der Waals surface area contributed by atoms with Gasteiger partial charge >= 0.3 is 11.9 Å². The van der Waals surface area contributed by atoms with Crippen molar-refractivity contribution in [3.8, 4) is 0 Å². The first-order chi connectivity index (χ1) is 36.5. The topological polar surface area (TPSA) is 322 Å². The van der Waals surface area contributed by atoms with Gasteiger partial charge in [0.2, 0.25) is 23.7 Å². The highest BCUT2D eigenvalue weighted by atomic mass is 16.6. The average Bonchev–Trinajstić information content (AvgIpc) is 3.38. The third-order valence-electron chi connectivity index (χ3n) is 10.7. The first kappa shape index (κ1) is 63.9. The van der Waals surface area contributed by atoms with Crippen molar-refractivity contribution in [1.29, 1.82) is 0 Å². The summed E-state index contributed by atoms with van der Waals surface area (Å²) < 4.78 is 43.1. The molecule has 4 amide bonds. The Hall–Kier alpha value is -6.38. The number of esters is 2. The molecular formula is C51H81N11O14. The van der Waals surface area contributed by atoms with Gasteiger partial charge in [-0.25, -0.2) is 14.8 Å². The first-order valence-corrected chi connectivity index (χ1v) is 25.8. The van der Waals surface area contributed by atoms with Gasteiger partial charge in [0.25, 0.3) is 5.91 Å². The van der Waals surface area contributed by atoms with Gasteiger partial charge in [-0.15, -0.1) is 0 Å². The summed E-state index contributed by atoms with van der Waals surface area (Å²) in [6, 6.07) is 5.57. The highest BCUT2D eigenvalue weighted by Gasteiger charge is 2.28. The fraction of sp³-hybridized carbons (Fsp3) is 0.647. The van der Waals surface area contributed by atoms with Gasteiger partial charge in [0.15, 0.2) is 17.0 Å². The van der Waals surface area contributed by atoms with Gasteiger partial charge in [-0.05, 0) is 78.1 Å². The standard InChI is InChI=1S/C51H81N11O14/c1-7-69-25-26-71-29-30-73-33-34-74-32-31-72-28-27-70-24-19-42(64)55-21-10-23-62(43(65)17-18-44(66)75-8-2)22-9-20-54-41(63)16-15-40(49(68)76-51(3,4)5)58-48(67)37-11-13-39(14-12-37)61(6)36-38-35-56-47-45(57-38)46(52)59-50(53)60-47/h11-14,35,40H,7-10,15-34,36H2,1-6H3,(H,54,63)(H,55,64)(H,58,67)(H4,52,53,56,59,60). The van der Waals surface area contributed by atoms with Gasteiger partial charge in [-0.2, -0.15) is 9.97 Å². The fourth-order valence-corrected chi connectivity index (χ4v) is 6.94. The van der Waals surface area contributed by atoms with E-state index in [1.54, 1.807) is 63.1 Å². The zero-order chi connectivity index (χ0) is 55.6. The minimum Gasteiger partial charge on any atom is -0.466 e. The summed E-state index contributed by atoms with van der Waals surface area (Å²) in [7, 11) is 1.84. The molecule has 1 unspecified atom stereocenters. The Bertz CT molecular complexity index is 2220. The van der Waals surface area contributed by atoms with Crippen LogP contribution in [0.2, 0.25) is 0 Å². The molecule has 25 nitrogen and oxygen atoms in total. The van der Waals surface area contributed by atoms with Gasteiger partial charge in [-0.3, -0.25) is 24.0 Å². The maximum atomic E-state index is 13.5. The number of aromatic nitrogens is 4. The van der Waals surface area contributed by atoms with Crippen LogP contribution in [0.15, 0.2) is 30.5 Å². The smallest absolute Gasteiger partial charge is 0.329 e. The third-order valence-corrected chi connectivity index (χ3v) is 10.7. The average molecular weight is 1070 g/mol. The van der Waals surface area contributed by atoms with E-state index in [2.05, 4.69) is 35.9 Å². The van der Waals surface area contributed by atoms with Crippen LogP contribution in [0.5, 0.6) is 0 Å². The molecule has 0 aliphatic rings. The number of nitrogens with zero attached hydrogens (tertiary/aromatic N) is 6. The van der Waals surface area contributed by atoms with Crippen molar-refractivity contribution in [2.24, 2.45) is 0 Å². The van der Waals surface area contributed by atoms with Crippen LogP contribution in [0.4, 0.5) is 17.5 Å². The molecule has 0 radical (unpaired) electrons. The molecule has 76 heavy (non-hydrogen) atoms. The van der Waals surface area contributed by atoms with Crippen molar-refractivity contribution in [1.82, 2.24) is 40.8 Å². The van der Waals surface area contributed by atoms with E-state index in [9.17, 15) is 28.8 Å². The van der Waals surface area contributed by atoms with Crippen molar-refractivity contribution in [3.63, 3.8) is 0 Å². The van der Waals surface area contributed by atoms with E-state index < -0.39 is 29.5 Å². The lowest BCUT2D eigenvalue weighted by molar-refractivity contribution is -0.157. The van der Waals surface area contributed by atoms with E-state index in [1.807, 2.05) is 18.9 Å². The van der Waals surface area contributed by atoms with Crippen molar-refractivity contribution < 1.29 is 66.7 Å². The Morgan fingerprint density at radius 2 is 1.22 bits per heavy atom. The summed E-state index contributed by atoms with van der Waals surface area (Å²) in [6.45, 7) is 15.7. The van der Waals surface area contributed by atoms with E-state index in [-0.39, 0.29) is 99.1 Å². The number of fused-ring (bicyclic) bond motifs is 1. The lowest BCUT2D eigenvalue weighted by atomic mass is 10.1. The predicted octanol–water partition coefficient (Wildman–Crippen LogP) is 2.14. The molecule has 1 aromatic carbocycles. The highest BCUT2D eigenvalue weighted by Crippen LogP contribution is 2.20. The molecule has 0 aliphatic carbocycles. The molecule has 0 spiro atoms. The number of hydrogen-bond acceptors (Lipinski definition) is 21. The summed E-state index contributed by atoms with van der Waals surface area (Å²) in [4.78, 5) is 97.8. The summed E-state index contributed by atoms with van der Waals surface area (Å²) >= 11 is 0. The minimum atomic E-state index is -1.14. The predicted molar refractivity (Wildman–Crippen MR) is 282 cm³/mol. The van der Waals surface area contributed by atoms with Crippen LogP contribution in [-0.4, -0.2) is 191 Å². The summed E-state index contributed by atoms with van der Waals surface area (Å²) in [5, 5.41) is 8.39. The van der Waals surface area contributed by atoms with Gasteiger partial charge in [0.05, 0.1) is 104 Å². The van der Waals surface area contributed by atoms with E-state index in [0.29, 0.717) is 116 Å². The quantitative estimate of drug-likeness (QED) is 0.0402. The van der Waals surface area contributed by atoms with Crippen LogP contribution < -0.4 is 32.3 Å². The second-order valence-corrected chi connectivity index (χ2v) is 18.1. The number of nitrogens with two attached hydrogens (primary N) is 2. The maximum Gasteiger partial charge on any atom is 0.329 e. The normalized spacial score (nSPS) is 11.7. The largest absolute Gasteiger partial charge is 0.466 e. The molecule has 424 valence electrons. The molecule has 1 atom stereocenters. The molecule has 0 bridgehead atoms. The number of ether oxygens (including phenoxy) is 8. The number of nitrogens with one attached hydrogen (secondary N) is 3. The van der Waals surface area contributed by atoms with Crippen LogP contribution in [0, 0.1) is 0 Å². The van der Waals surface area contributed by atoms with Crippen LogP contribution in [0.3, 0.4) is 0 Å². The molecule has 2 heterocycles. The van der Waals surface area contributed by atoms with E-state index in [4.69, 9.17) is 49.4 Å². The Balaban J connectivity index is 1.38. The SMILES string of the molecule is CCOCCOCCOCCOCCOCCOCCC(=O)NCCCN(CCCNC(=O)CCC(NC(=O)c1ccc(N(C)Cc2cnc3nc(N)nc(N)c3n2)cc1)C(=O)OC(C)(C)C)C(=O)CCC(=O)OCC. The first-order valence-electron chi connectivity index (χ1n) is 25.8. The lowest BCUT2D eigenvalue weighted by Gasteiger charge is -2.25. The number of amides is 4. The summed E-state index contributed by atoms with van der Waals surface area (Å²) in [5.41, 5.74) is 13.0. The Morgan fingerprint density at radius 3 is 1.78 bits per heavy atom. The Morgan fingerprint density at radius 1 is 0.671 bits per heavy atom. The van der Waals surface area contributed by atoms with Crippen LogP contribution in [-0.2, 0) is 68.4 Å². The van der Waals surface area contributed by atoms with Crippen molar-refractivity contribution in [2.45, 2.75) is 97.8 Å². The molecule has 0 saturated heterocycles. The number of anilines is 3. The van der Waals surface area contributed by atoms with Gasteiger partial charge < -0.3 is 75.1 Å². The van der Waals surface area contributed by atoms with Gasteiger partial charge in [-0.1, -0.05) is 0 Å². The number of carbonyl (C=O) groups is 6. The molecule has 7 N–H and O–H groups in total. The number of benzene rings is 1. The second kappa shape index (κ2) is 36.6. The van der Waals surface area contributed by atoms with E-state index in [0.717, 1.165) is 5.69 Å². The summed E-state index contributed by atoms with van der Waals surface area (Å²) in [5.74, 6) is -2.44. The van der Waals surface area contributed by atoms with Crippen molar-refractivity contribution in [2.75, 3.05) is 135 Å². The molecule has 3 rings (SSSR count). The molecule has 3 aromatic rings. The third kappa shape index (κ3) is 27.4. The molecular weight excluding hydrogens is 991 g/mol. The fourth-order valence-electron chi connectivity index (χ4n) is 6.94. The summed E-state index contributed by atoms with van der Waals surface area (Å²) in [6.07, 6.45) is 2.24. The molecule has 25 heteroatoms. The Labute approximate surface area is 445 Å². The van der Waals surface area contributed by atoms with Crippen molar-refractivity contribution >= 4 is 64.2 Å². The zero-order valence-electron chi connectivity index (χ0n) is 45.2. The highest BCUT2D eigenvalue weighted by molar-refractivity contribution is 5.97. The van der Waals surface area contributed by atoms with Gasteiger partial charge in [0.1, 0.15) is 11.6 Å². The van der Waals surface area contributed by atoms with E-state index >= 15 is 0 Å². The number of rotatable bonds is 40. The van der Waals surface area contributed by atoms with Crippen LogP contribution in [0.1, 0.15) is 95.6 Å². The zero-order valence-corrected chi connectivity index (χ0v) is 45.2. The van der Waals surface area contributed by atoms with Crippen LogP contribution >= 0.6 is 0 Å². The van der Waals surface area contributed by atoms with E-state index in [1.165, 1.54) is 0 Å². The monoisotopic (exact) mass is 1070 g/mol. The second-order valence-electron chi connectivity index (χ2n) is 18.1. The molecule has 0 fully saturated rings. The van der Waals surface area contributed by atoms with Crippen molar-refractivity contribution in [3.05, 3.63) is 41.7 Å². The lowest BCUT2D eigenvalue weighted by Crippen LogP contribution is -2.45. The maximum absolute atomic E-state index is 13.5. The number of hydrogen-bond donors (Lipinski definition) is 5. The molecule has 0 aliphatic heterocycles. The molecule has 0 saturated carbocycles. The molecule has 2 aromatic heterocycles. The number of nitrogen functional groups attached to an aromatic ring is 2. The van der Waals surface area contributed by atoms with Crippen LogP contribution in [0.25, 0.3) is 11.2 Å². The number of carbonyl (C=O) groups excluding carboxylic acids is 6. The minimum absolute atomic E-state index is 0.000755. The Kier molecular flexibility index (Phi) is 30.8.